The first-order valence-electron chi connectivity index (χ1n) is 4.72. The summed E-state index contributed by atoms with van der Waals surface area (Å²) in [6.45, 7) is 2.34. The van der Waals surface area contributed by atoms with Gasteiger partial charge >= 0.3 is 6.03 Å². The van der Waals surface area contributed by atoms with Crippen LogP contribution in [0.3, 0.4) is 0 Å². The zero-order valence-electron chi connectivity index (χ0n) is 7.97. The Morgan fingerprint density at radius 2 is 2.38 bits per heavy atom. The van der Waals surface area contributed by atoms with Crippen LogP contribution in [0.1, 0.15) is 26.2 Å². The van der Waals surface area contributed by atoms with Crippen molar-refractivity contribution in [2.75, 3.05) is 6.54 Å². The van der Waals surface area contributed by atoms with Gasteiger partial charge in [-0.1, -0.05) is 12.3 Å². The van der Waals surface area contributed by atoms with E-state index in [0.717, 1.165) is 0 Å². The van der Waals surface area contributed by atoms with Crippen LogP contribution in [0.2, 0.25) is 0 Å². The molecule has 0 unspecified atom stereocenters. The Balaban J connectivity index is 2.15. The molecule has 1 aliphatic carbocycles. The molecule has 2 N–H and O–H groups in total. The van der Waals surface area contributed by atoms with E-state index in [0.29, 0.717) is 12.5 Å². The van der Waals surface area contributed by atoms with Crippen LogP contribution in [0.15, 0.2) is 0 Å². The van der Waals surface area contributed by atoms with E-state index < -0.39 is 0 Å². The molecule has 1 fully saturated rings. The first kappa shape index (κ1) is 9.91. The number of terminal acetylenes is 1. The van der Waals surface area contributed by atoms with Gasteiger partial charge in [0.15, 0.2) is 0 Å². The summed E-state index contributed by atoms with van der Waals surface area (Å²) in [5, 5.41) is 5.45. The molecule has 0 aromatic carbocycles. The molecule has 0 aromatic heterocycles. The molecular formula is C10H16N2O. The van der Waals surface area contributed by atoms with E-state index in [1.54, 1.807) is 0 Å². The van der Waals surface area contributed by atoms with Gasteiger partial charge in [0, 0.05) is 6.04 Å². The molecule has 0 bridgehead atoms. The fourth-order valence-corrected chi connectivity index (χ4v) is 1.45. The summed E-state index contributed by atoms with van der Waals surface area (Å²) >= 11 is 0. The third kappa shape index (κ3) is 2.98. The molecule has 0 aliphatic heterocycles. The van der Waals surface area contributed by atoms with Gasteiger partial charge in [-0.2, -0.15) is 0 Å². The van der Waals surface area contributed by atoms with E-state index in [-0.39, 0.29) is 12.1 Å². The average molecular weight is 180 g/mol. The molecule has 0 heterocycles. The minimum atomic E-state index is -0.155. The van der Waals surface area contributed by atoms with Gasteiger partial charge in [0.2, 0.25) is 0 Å². The SMILES string of the molecule is C#CCNC(=O)N[C@@H](C)C1CCC1. The lowest BCUT2D eigenvalue weighted by molar-refractivity contribution is 0.214. The molecule has 2 amide bonds. The van der Waals surface area contributed by atoms with Gasteiger partial charge in [-0.05, 0) is 25.7 Å². The second kappa shape index (κ2) is 4.76. The van der Waals surface area contributed by atoms with Crippen molar-refractivity contribution in [3.63, 3.8) is 0 Å². The summed E-state index contributed by atoms with van der Waals surface area (Å²) in [5.41, 5.74) is 0. The number of urea groups is 1. The molecule has 0 spiro atoms. The number of hydrogen-bond donors (Lipinski definition) is 2. The lowest BCUT2D eigenvalue weighted by atomic mass is 9.80. The van der Waals surface area contributed by atoms with E-state index in [1.165, 1.54) is 19.3 Å². The first-order chi connectivity index (χ1) is 6.24. The van der Waals surface area contributed by atoms with Crippen LogP contribution in [0.25, 0.3) is 0 Å². The molecule has 1 aliphatic rings. The van der Waals surface area contributed by atoms with Crippen LogP contribution in [0, 0.1) is 18.3 Å². The van der Waals surface area contributed by atoms with Gasteiger partial charge in [0.25, 0.3) is 0 Å². The van der Waals surface area contributed by atoms with Crippen molar-refractivity contribution in [2.24, 2.45) is 5.92 Å². The van der Waals surface area contributed by atoms with Crippen LogP contribution >= 0.6 is 0 Å². The monoisotopic (exact) mass is 180 g/mol. The molecule has 3 nitrogen and oxygen atoms in total. The fourth-order valence-electron chi connectivity index (χ4n) is 1.45. The van der Waals surface area contributed by atoms with Crippen LogP contribution < -0.4 is 10.6 Å². The van der Waals surface area contributed by atoms with E-state index >= 15 is 0 Å². The molecule has 0 radical (unpaired) electrons. The van der Waals surface area contributed by atoms with Crippen molar-refractivity contribution >= 4 is 6.03 Å². The minimum Gasteiger partial charge on any atom is -0.335 e. The highest BCUT2D eigenvalue weighted by atomic mass is 16.2. The summed E-state index contributed by atoms with van der Waals surface area (Å²) in [4.78, 5) is 11.1. The van der Waals surface area contributed by atoms with E-state index in [9.17, 15) is 4.79 Å². The number of carbonyl (C=O) groups is 1. The highest BCUT2D eigenvalue weighted by Gasteiger charge is 2.24. The maximum atomic E-state index is 11.1. The fraction of sp³-hybridized carbons (Fsp3) is 0.700. The highest BCUT2D eigenvalue weighted by molar-refractivity contribution is 5.74. The normalized spacial score (nSPS) is 18.2. The Kier molecular flexibility index (Phi) is 3.63. The Hall–Kier alpha value is -1.17. The Labute approximate surface area is 79.3 Å². The summed E-state index contributed by atoms with van der Waals surface area (Å²) in [5.74, 6) is 3.02. The number of nitrogens with one attached hydrogen (secondary N) is 2. The van der Waals surface area contributed by atoms with Gasteiger partial charge in [0.1, 0.15) is 0 Å². The smallest absolute Gasteiger partial charge is 0.315 e. The standard InChI is InChI=1S/C10H16N2O/c1-3-7-11-10(13)12-8(2)9-5-4-6-9/h1,8-9H,4-7H2,2H3,(H2,11,12,13)/t8-/m0/s1. The second-order valence-corrected chi connectivity index (χ2v) is 3.51. The second-order valence-electron chi connectivity index (χ2n) is 3.51. The topological polar surface area (TPSA) is 41.1 Å². The maximum absolute atomic E-state index is 11.1. The summed E-state index contributed by atoms with van der Waals surface area (Å²) in [7, 11) is 0. The third-order valence-electron chi connectivity index (χ3n) is 2.57. The number of carbonyl (C=O) groups excluding carboxylic acids is 1. The van der Waals surface area contributed by atoms with E-state index in [4.69, 9.17) is 6.42 Å². The van der Waals surface area contributed by atoms with Crippen LogP contribution in [-0.2, 0) is 0 Å². The largest absolute Gasteiger partial charge is 0.335 e. The third-order valence-corrected chi connectivity index (χ3v) is 2.57. The van der Waals surface area contributed by atoms with E-state index in [1.807, 2.05) is 6.92 Å². The maximum Gasteiger partial charge on any atom is 0.315 e. The van der Waals surface area contributed by atoms with Gasteiger partial charge in [-0.3, -0.25) is 0 Å². The minimum absolute atomic E-state index is 0.155. The molecule has 0 saturated heterocycles. The molecule has 3 heteroatoms. The van der Waals surface area contributed by atoms with Gasteiger partial charge in [-0.25, -0.2) is 4.79 Å². The molecular weight excluding hydrogens is 164 g/mol. The summed E-state index contributed by atoms with van der Waals surface area (Å²) in [6, 6.07) is 0.115. The Morgan fingerprint density at radius 1 is 1.69 bits per heavy atom. The Morgan fingerprint density at radius 3 is 2.85 bits per heavy atom. The molecule has 1 atom stereocenters. The number of amides is 2. The van der Waals surface area contributed by atoms with Crippen molar-refractivity contribution < 1.29 is 4.79 Å². The number of hydrogen-bond acceptors (Lipinski definition) is 1. The van der Waals surface area contributed by atoms with Gasteiger partial charge in [-0.15, -0.1) is 6.42 Å². The van der Waals surface area contributed by atoms with Crippen molar-refractivity contribution in [1.29, 1.82) is 0 Å². The molecule has 1 saturated carbocycles. The average Bonchev–Trinajstić information content (AvgIpc) is 1.97. The molecule has 13 heavy (non-hydrogen) atoms. The molecule has 1 rings (SSSR count). The lowest BCUT2D eigenvalue weighted by Crippen LogP contribution is -2.45. The quantitative estimate of drug-likeness (QED) is 0.627. The summed E-state index contributed by atoms with van der Waals surface area (Å²) in [6.07, 6.45) is 8.77. The van der Waals surface area contributed by atoms with Crippen LogP contribution in [-0.4, -0.2) is 18.6 Å². The van der Waals surface area contributed by atoms with Crippen molar-refractivity contribution in [3.8, 4) is 12.3 Å². The van der Waals surface area contributed by atoms with Gasteiger partial charge in [0.05, 0.1) is 6.54 Å². The Bertz CT molecular complexity index is 215. The summed E-state index contributed by atoms with van der Waals surface area (Å²) < 4.78 is 0. The van der Waals surface area contributed by atoms with Crippen molar-refractivity contribution in [2.45, 2.75) is 32.2 Å². The predicted octanol–water partition coefficient (Wildman–Crippen LogP) is 1.11. The van der Waals surface area contributed by atoms with Crippen LogP contribution in [0.5, 0.6) is 0 Å². The van der Waals surface area contributed by atoms with Crippen molar-refractivity contribution in [1.82, 2.24) is 10.6 Å². The molecule has 72 valence electrons. The first-order valence-corrected chi connectivity index (χ1v) is 4.72. The molecule has 0 aromatic rings. The van der Waals surface area contributed by atoms with Crippen LogP contribution in [0.4, 0.5) is 4.79 Å². The number of rotatable bonds is 3. The van der Waals surface area contributed by atoms with E-state index in [2.05, 4.69) is 16.6 Å². The lowest BCUT2D eigenvalue weighted by Gasteiger charge is -2.31. The predicted molar refractivity (Wildman–Crippen MR) is 52.2 cm³/mol. The zero-order chi connectivity index (χ0) is 9.68. The zero-order valence-corrected chi connectivity index (χ0v) is 7.97. The van der Waals surface area contributed by atoms with Crippen molar-refractivity contribution in [3.05, 3.63) is 0 Å². The van der Waals surface area contributed by atoms with Gasteiger partial charge < -0.3 is 10.6 Å². The highest BCUT2D eigenvalue weighted by Crippen LogP contribution is 2.29.